The smallest absolute Gasteiger partial charge is 0.438 e. The van der Waals surface area contributed by atoms with Crippen LogP contribution in [-0.2, 0) is 19.1 Å². The van der Waals surface area contributed by atoms with Crippen LogP contribution in [0.3, 0.4) is 0 Å². The van der Waals surface area contributed by atoms with Gasteiger partial charge in [0.1, 0.15) is 12.0 Å². The summed E-state index contributed by atoms with van der Waals surface area (Å²) in [5.41, 5.74) is 0. The van der Waals surface area contributed by atoms with Gasteiger partial charge in [-0.05, 0) is 31.5 Å². The van der Waals surface area contributed by atoms with Crippen LogP contribution in [0.4, 0.5) is 4.79 Å². The van der Waals surface area contributed by atoms with Crippen molar-refractivity contribution in [1.29, 1.82) is 0 Å². The Bertz CT molecular complexity index is 510. The average molecular weight is 361 g/mol. The van der Waals surface area contributed by atoms with Crippen LogP contribution in [0.5, 0.6) is 0 Å². The Hall–Kier alpha value is -0.890. The maximum absolute atomic E-state index is 12.5. The van der Waals surface area contributed by atoms with Gasteiger partial charge < -0.3 is 14.4 Å². The van der Waals surface area contributed by atoms with Crippen LogP contribution in [-0.4, -0.2) is 51.3 Å². The second-order valence-electron chi connectivity index (χ2n) is 6.35. The molecule has 2 aliphatic rings. The molecule has 1 amide bonds. The Morgan fingerprint density at radius 2 is 2.09 bits per heavy atom. The van der Waals surface area contributed by atoms with Crippen LogP contribution in [0, 0.1) is 11.8 Å². The van der Waals surface area contributed by atoms with Crippen molar-refractivity contribution in [3.63, 3.8) is 0 Å². The molecule has 0 radical (unpaired) electrons. The van der Waals surface area contributed by atoms with Crippen molar-refractivity contribution >= 4 is 40.7 Å². The summed E-state index contributed by atoms with van der Waals surface area (Å²) < 4.78 is 8.76. The molecule has 2 fully saturated rings. The number of thioether (sulfide) groups is 2. The minimum absolute atomic E-state index is 0.00149. The first-order chi connectivity index (χ1) is 10.7. The monoisotopic (exact) mass is 361 g/mol. The number of nitrogens with zero attached hydrogens (tertiary/aromatic N) is 1. The van der Waals surface area contributed by atoms with Crippen molar-refractivity contribution in [3.05, 3.63) is 0 Å². The highest BCUT2D eigenvalue weighted by atomic mass is 32.2. The van der Waals surface area contributed by atoms with E-state index in [0.717, 1.165) is 18.2 Å². The summed E-state index contributed by atoms with van der Waals surface area (Å²) in [7, 11) is 1.21. The molecule has 0 saturated carbocycles. The minimum atomic E-state index is -0.819. The Morgan fingerprint density at radius 3 is 2.65 bits per heavy atom. The summed E-state index contributed by atoms with van der Waals surface area (Å²) in [6, 6.07) is -0.489. The third kappa shape index (κ3) is 3.33. The Kier molecular flexibility index (Phi) is 5.56. The van der Waals surface area contributed by atoms with E-state index in [2.05, 4.69) is 18.6 Å². The van der Waals surface area contributed by atoms with Gasteiger partial charge in [0, 0.05) is 4.75 Å². The van der Waals surface area contributed by atoms with Crippen LogP contribution in [0.1, 0.15) is 34.1 Å². The van der Waals surface area contributed by atoms with Gasteiger partial charge in [0.25, 0.3) is 0 Å². The van der Waals surface area contributed by atoms with E-state index in [1.165, 1.54) is 7.11 Å². The molecular weight excluding hydrogens is 338 g/mol. The van der Waals surface area contributed by atoms with Crippen molar-refractivity contribution in [2.75, 3.05) is 13.0 Å². The van der Waals surface area contributed by atoms with Crippen molar-refractivity contribution in [2.24, 2.45) is 11.8 Å². The number of carbonyl (C=O) groups excluding carboxylic acids is 3. The van der Waals surface area contributed by atoms with Gasteiger partial charge in [0.2, 0.25) is 11.0 Å². The van der Waals surface area contributed by atoms with Crippen LogP contribution in [0.25, 0.3) is 0 Å². The molecule has 23 heavy (non-hydrogen) atoms. The molecule has 6 nitrogen and oxygen atoms in total. The quantitative estimate of drug-likeness (QED) is 0.423. The number of hydrogen-bond acceptors (Lipinski definition) is 7. The highest BCUT2D eigenvalue weighted by molar-refractivity contribution is 8.13. The van der Waals surface area contributed by atoms with Crippen molar-refractivity contribution in [2.45, 2.75) is 50.3 Å². The normalized spacial score (nSPS) is 29.5. The fourth-order valence-corrected chi connectivity index (χ4v) is 5.83. The van der Waals surface area contributed by atoms with Gasteiger partial charge in [0.15, 0.2) is 0 Å². The predicted octanol–water partition coefficient (Wildman–Crippen LogP) is 2.71. The van der Waals surface area contributed by atoms with Crippen LogP contribution in [0.15, 0.2) is 0 Å². The van der Waals surface area contributed by atoms with Crippen molar-refractivity contribution in [1.82, 2.24) is 4.90 Å². The first-order valence-corrected chi connectivity index (χ1v) is 9.48. The molecule has 0 aliphatic carbocycles. The molecule has 0 N–H and O–H groups in total. The van der Waals surface area contributed by atoms with Gasteiger partial charge >= 0.3 is 6.16 Å². The van der Waals surface area contributed by atoms with Crippen LogP contribution in [0.2, 0.25) is 0 Å². The third-order valence-corrected chi connectivity index (χ3v) is 6.84. The minimum Gasteiger partial charge on any atom is -0.438 e. The molecule has 2 aliphatic heterocycles. The van der Waals surface area contributed by atoms with E-state index in [9.17, 15) is 14.4 Å². The first kappa shape index (κ1) is 18.4. The van der Waals surface area contributed by atoms with E-state index in [1.54, 1.807) is 16.7 Å². The molecule has 2 saturated heterocycles. The zero-order chi connectivity index (χ0) is 17.4. The molecule has 0 aromatic carbocycles. The number of rotatable bonds is 5. The molecule has 0 aromatic rings. The lowest BCUT2D eigenvalue weighted by atomic mass is 9.82. The number of hydrogen-bond donors (Lipinski definition) is 0. The maximum atomic E-state index is 12.5. The summed E-state index contributed by atoms with van der Waals surface area (Å²) in [6.07, 6.45) is 0.127. The van der Waals surface area contributed by atoms with Gasteiger partial charge in [-0.25, -0.2) is 4.79 Å². The lowest BCUT2D eigenvalue weighted by Crippen LogP contribution is -2.63. The molecule has 8 heteroatoms. The van der Waals surface area contributed by atoms with Gasteiger partial charge in [-0.15, -0.1) is 11.8 Å². The number of methoxy groups -OCH3 is 1. The number of ether oxygens (including phenoxy) is 2. The zero-order valence-electron chi connectivity index (χ0n) is 14.0. The van der Waals surface area contributed by atoms with Crippen LogP contribution >= 0.6 is 23.5 Å². The highest BCUT2D eigenvalue weighted by Crippen LogP contribution is 2.56. The molecule has 0 spiro atoms. The SMILES string of the molecule is CCC(C)[C@@H]1C(=O)N2[C@@H]1SC(C)(C)[C@@H]2C(=O)SCOC(=O)OC. The average Bonchev–Trinajstić information content (AvgIpc) is 2.74. The third-order valence-electron chi connectivity index (χ3n) is 4.51. The van der Waals surface area contributed by atoms with Gasteiger partial charge in [-0.3, -0.25) is 9.59 Å². The van der Waals surface area contributed by atoms with Crippen LogP contribution < -0.4 is 0 Å². The van der Waals surface area contributed by atoms with Crippen molar-refractivity contribution < 1.29 is 23.9 Å². The Balaban J connectivity index is 2.03. The first-order valence-electron chi connectivity index (χ1n) is 7.62. The number of fused-ring (bicyclic) bond motifs is 1. The standard InChI is InChI=1S/C15H23NO5S2/c1-6-8(2)9-11(17)16-10(15(3,4)23-12(9)16)13(18)22-7-21-14(19)20-5/h8-10,12H,6-7H2,1-5H3/t8?,9-,10+,12-/m1/s1. The summed E-state index contributed by atoms with van der Waals surface area (Å²) in [5.74, 6) is 0.273. The fraction of sp³-hybridized carbons (Fsp3) is 0.800. The Morgan fingerprint density at radius 1 is 1.43 bits per heavy atom. The zero-order valence-corrected chi connectivity index (χ0v) is 15.7. The summed E-state index contributed by atoms with van der Waals surface area (Å²) in [6.45, 7) is 8.14. The lowest BCUT2D eigenvalue weighted by Gasteiger charge is -2.46. The van der Waals surface area contributed by atoms with E-state index in [4.69, 9.17) is 4.74 Å². The second-order valence-corrected chi connectivity index (χ2v) is 9.05. The molecule has 130 valence electrons. The van der Waals surface area contributed by atoms with E-state index < -0.39 is 12.2 Å². The molecule has 2 rings (SSSR count). The van der Waals surface area contributed by atoms with E-state index in [0.29, 0.717) is 5.92 Å². The molecule has 0 aromatic heterocycles. The topological polar surface area (TPSA) is 72.9 Å². The lowest BCUT2D eigenvalue weighted by molar-refractivity contribution is -0.158. The molecule has 4 atom stereocenters. The molecular formula is C15H23NO5S2. The fourth-order valence-electron chi connectivity index (χ4n) is 3.07. The highest BCUT2D eigenvalue weighted by Gasteiger charge is 2.63. The predicted molar refractivity (Wildman–Crippen MR) is 90.0 cm³/mol. The number of β-lactam (4-membered cyclic amide) rings is 1. The van der Waals surface area contributed by atoms with Crippen molar-refractivity contribution in [3.8, 4) is 0 Å². The Labute approximate surface area is 145 Å². The molecule has 0 bridgehead atoms. The summed E-state index contributed by atoms with van der Waals surface area (Å²) in [4.78, 5) is 37.7. The van der Waals surface area contributed by atoms with Gasteiger partial charge in [0.05, 0.1) is 18.4 Å². The van der Waals surface area contributed by atoms with Gasteiger partial charge in [-0.1, -0.05) is 20.3 Å². The molecule has 1 unspecified atom stereocenters. The number of carbonyl (C=O) groups is 3. The van der Waals surface area contributed by atoms with E-state index >= 15 is 0 Å². The number of amides is 1. The second kappa shape index (κ2) is 6.93. The van der Waals surface area contributed by atoms with E-state index in [1.807, 2.05) is 13.8 Å². The summed E-state index contributed by atoms with van der Waals surface area (Å²) >= 11 is 2.60. The van der Waals surface area contributed by atoms with Gasteiger partial charge in [-0.2, -0.15) is 0 Å². The maximum Gasteiger partial charge on any atom is 0.508 e. The largest absolute Gasteiger partial charge is 0.508 e. The van der Waals surface area contributed by atoms with E-state index in [-0.39, 0.29) is 33.0 Å². The molecule has 2 heterocycles. The summed E-state index contributed by atoms with van der Waals surface area (Å²) in [5, 5.41) is -0.0756.